The highest BCUT2D eigenvalue weighted by molar-refractivity contribution is 6.34. The van der Waals surface area contributed by atoms with E-state index in [9.17, 15) is 4.79 Å². The van der Waals surface area contributed by atoms with Gasteiger partial charge in [-0.3, -0.25) is 15.1 Å². The summed E-state index contributed by atoms with van der Waals surface area (Å²) < 4.78 is 1.45. The van der Waals surface area contributed by atoms with Crippen molar-refractivity contribution < 1.29 is 4.79 Å². The first kappa shape index (κ1) is 10.6. The standard InChI is InChI=1S/C9H8ClN5O/c1-15-9(12-5-13-15)14-8(16)6-4-11-3-2-7(6)10/h2-5H,1H3,(H,12,13,14,16). The maximum atomic E-state index is 11.8. The van der Waals surface area contributed by atoms with E-state index >= 15 is 0 Å². The summed E-state index contributed by atoms with van der Waals surface area (Å²) in [4.78, 5) is 19.5. The van der Waals surface area contributed by atoms with Crippen molar-refractivity contribution >= 4 is 23.5 Å². The zero-order valence-electron chi connectivity index (χ0n) is 8.38. The lowest BCUT2D eigenvalue weighted by molar-refractivity contribution is 0.102. The van der Waals surface area contributed by atoms with Gasteiger partial charge in [-0.2, -0.15) is 10.1 Å². The Bertz CT molecular complexity index is 524. The van der Waals surface area contributed by atoms with Gasteiger partial charge in [-0.1, -0.05) is 11.6 Å². The van der Waals surface area contributed by atoms with E-state index in [-0.39, 0.29) is 5.91 Å². The number of anilines is 1. The maximum absolute atomic E-state index is 11.8. The summed E-state index contributed by atoms with van der Waals surface area (Å²) in [6.45, 7) is 0. The average Bonchev–Trinajstić information content (AvgIpc) is 2.65. The van der Waals surface area contributed by atoms with E-state index in [1.54, 1.807) is 13.1 Å². The largest absolute Gasteiger partial charge is 0.291 e. The molecule has 0 radical (unpaired) electrons. The van der Waals surface area contributed by atoms with Crippen LogP contribution in [0.4, 0.5) is 5.95 Å². The fourth-order valence-electron chi connectivity index (χ4n) is 1.12. The molecule has 0 unspecified atom stereocenters. The summed E-state index contributed by atoms with van der Waals surface area (Å²) in [5.41, 5.74) is 0.298. The van der Waals surface area contributed by atoms with Crippen LogP contribution in [0.15, 0.2) is 24.8 Å². The van der Waals surface area contributed by atoms with Gasteiger partial charge < -0.3 is 0 Å². The third kappa shape index (κ3) is 2.01. The minimum atomic E-state index is -0.366. The van der Waals surface area contributed by atoms with E-state index in [4.69, 9.17) is 11.6 Å². The van der Waals surface area contributed by atoms with E-state index in [1.807, 2.05) is 0 Å². The number of nitrogens with zero attached hydrogens (tertiary/aromatic N) is 4. The van der Waals surface area contributed by atoms with Gasteiger partial charge in [0.15, 0.2) is 0 Å². The molecular weight excluding hydrogens is 230 g/mol. The van der Waals surface area contributed by atoms with Crippen LogP contribution in [0.25, 0.3) is 0 Å². The van der Waals surface area contributed by atoms with Gasteiger partial charge in [-0.15, -0.1) is 0 Å². The van der Waals surface area contributed by atoms with Gasteiger partial charge in [-0.05, 0) is 6.07 Å². The third-order valence-corrected chi connectivity index (χ3v) is 2.28. The molecule has 82 valence electrons. The second-order valence-corrected chi connectivity index (χ2v) is 3.42. The molecule has 7 heteroatoms. The van der Waals surface area contributed by atoms with Crippen LogP contribution in [-0.4, -0.2) is 25.7 Å². The van der Waals surface area contributed by atoms with Gasteiger partial charge in [0.25, 0.3) is 5.91 Å². The first-order valence-corrected chi connectivity index (χ1v) is 4.81. The molecule has 2 aromatic rings. The summed E-state index contributed by atoms with van der Waals surface area (Å²) >= 11 is 5.86. The molecule has 0 saturated carbocycles. The minimum absolute atomic E-state index is 0.298. The van der Waals surface area contributed by atoms with Crippen LogP contribution in [0.3, 0.4) is 0 Å². The van der Waals surface area contributed by atoms with Gasteiger partial charge >= 0.3 is 0 Å². The van der Waals surface area contributed by atoms with Crippen LogP contribution in [0.5, 0.6) is 0 Å². The Labute approximate surface area is 96.3 Å². The second-order valence-electron chi connectivity index (χ2n) is 3.02. The lowest BCUT2D eigenvalue weighted by atomic mass is 10.3. The fraction of sp³-hybridized carbons (Fsp3) is 0.111. The predicted molar refractivity (Wildman–Crippen MR) is 58.2 cm³/mol. The van der Waals surface area contributed by atoms with Crippen LogP contribution in [0.2, 0.25) is 5.02 Å². The number of carbonyl (C=O) groups is 1. The minimum Gasteiger partial charge on any atom is -0.291 e. The predicted octanol–water partition coefficient (Wildman–Crippen LogP) is 1.12. The van der Waals surface area contributed by atoms with Crippen molar-refractivity contribution in [3.8, 4) is 0 Å². The average molecular weight is 238 g/mol. The lowest BCUT2D eigenvalue weighted by Gasteiger charge is -2.04. The molecule has 0 aliphatic heterocycles. The fourth-order valence-corrected chi connectivity index (χ4v) is 1.31. The van der Waals surface area contributed by atoms with Crippen LogP contribution in [-0.2, 0) is 7.05 Å². The summed E-state index contributed by atoms with van der Waals surface area (Å²) in [5.74, 6) is -0.0147. The van der Waals surface area contributed by atoms with Gasteiger partial charge in [-0.25, -0.2) is 4.68 Å². The van der Waals surface area contributed by atoms with E-state index in [2.05, 4.69) is 20.4 Å². The number of amides is 1. The number of hydrogen-bond donors (Lipinski definition) is 1. The number of pyridine rings is 1. The highest BCUT2D eigenvalue weighted by Crippen LogP contribution is 2.14. The van der Waals surface area contributed by atoms with Gasteiger partial charge in [0, 0.05) is 19.4 Å². The molecule has 0 aromatic carbocycles. The number of aromatic nitrogens is 4. The normalized spacial score (nSPS) is 10.1. The Morgan fingerprint density at radius 2 is 2.38 bits per heavy atom. The van der Waals surface area contributed by atoms with Crippen LogP contribution < -0.4 is 5.32 Å². The SMILES string of the molecule is Cn1ncnc1NC(=O)c1cnccc1Cl. The summed E-state index contributed by atoms with van der Waals surface area (Å²) in [6.07, 6.45) is 4.26. The van der Waals surface area contributed by atoms with Gasteiger partial charge in [0.1, 0.15) is 6.33 Å². The Kier molecular flexibility index (Phi) is 2.82. The molecular formula is C9H8ClN5O. The zero-order chi connectivity index (χ0) is 11.5. The zero-order valence-corrected chi connectivity index (χ0v) is 9.14. The molecule has 6 nitrogen and oxygen atoms in total. The molecule has 2 aromatic heterocycles. The highest BCUT2D eigenvalue weighted by atomic mass is 35.5. The van der Waals surface area contributed by atoms with Crippen molar-refractivity contribution in [2.24, 2.45) is 7.05 Å². The number of rotatable bonds is 2. The Morgan fingerprint density at radius 1 is 1.56 bits per heavy atom. The summed E-state index contributed by atoms with van der Waals surface area (Å²) in [7, 11) is 1.67. The quantitative estimate of drug-likeness (QED) is 0.849. The van der Waals surface area contributed by atoms with Crippen molar-refractivity contribution in [2.45, 2.75) is 0 Å². The number of carbonyl (C=O) groups excluding carboxylic acids is 1. The van der Waals surface area contributed by atoms with Crippen molar-refractivity contribution in [1.82, 2.24) is 19.7 Å². The number of halogens is 1. The molecule has 0 saturated heterocycles. The Balaban J connectivity index is 2.22. The van der Waals surface area contributed by atoms with Crippen LogP contribution in [0, 0.1) is 0 Å². The molecule has 2 heterocycles. The molecule has 0 aliphatic rings. The van der Waals surface area contributed by atoms with Crippen LogP contribution >= 0.6 is 11.6 Å². The molecule has 16 heavy (non-hydrogen) atoms. The smallest absolute Gasteiger partial charge is 0.261 e. The second kappa shape index (κ2) is 4.28. The van der Waals surface area contributed by atoms with Crippen molar-refractivity contribution in [1.29, 1.82) is 0 Å². The summed E-state index contributed by atoms with van der Waals surface area (Å²) in [5, 5.41) is 6.74. The Hall–Kier alpha value is -1.95. The van der Waals surface area contributed by atoms with Crippen molar-refractivity contribution in [3.05, 3.63) is 35.4 Å². The molecule has 0 aliphatic carbocycles. The van der Waals surface area contributed by atoms with Crippen molar-refractivity contribution in [3.63, 3.8) is 0 Å². The Morgan fingerprint density at radius 3 is 3.00 bits per heavy atom. The monoisotopic (exact) mass is 237 g/mol. The van der Waals surface area contributed by atoms with E-state index < -0.39 is 0 Å². The van der Waals surface area contributed by atoms with Crippen molar-refractivity contribution in [2.75, 3.05) is 5.32 Å². The molecule has 0 spiro atoms. The van der Waals surface area contributed by atoms with Gasteiger partial charge in [0.05, 0.1) is 10.6 Å². The highest BCUT2D eigenvalue weighted by Gasteiger charge is 2.12. The van der Waals surface area contributed by atoms with E-state index in [0.29, 0.717) is 16.5 Å². The van der Waals surface area contributed by atoms with Crippen LogP contribution in [0.1, 0.15) is 10.4 Å². The topological polar surface area (TPSA) is 72.7 Å². The third-order valence-electron chi connectivity index (χ3n) is 1.95. The molecule has 1 amide bonds. The maximum Gasteiger partial charge on any atom is 0.261 e. The number of hydrogen-bond acceptors (Lipinski definition) is 4. The number of aryl methyl sites for hydroxylation is 1. The molecule has 1 N–H and O–H groups in total. The molecule has 0 atom stereocenters. The van der Waals surface area contributed by atoms with E-state index in [0.717, 1.165) is 0 Å². The lowest BCUT2D eigenvalue weighted by Crippen LogP contribution is -2.16. The molecule has 2 rings (SSSR count). The summed E-state index contributed by atoms with van der Waals surface area (Å²) in [6, 6.07) is 1.55. The number of nitrogens with one attached hydrogen (secondary N) is 1. The van der Waals surface area contributed by atoms with Gasteiger partial charge in [0.2, 0.25) is 5.95 Å². The first-order chi connectivity index (χ1) is 7.68. The molecule has 0 bridgehead atoms. The van der Waals surface area contributed by atoms with E-state index in [1.165, 1.54) is 23.4 Å². The first-order valence-electron chi connectivity index (χ1n) is 4.43. The molecule has 0 fully saturated rings.